The molecule has 0 bridgehead atoms. The lowest BCUT2D eigenvalue weighted by Gasteiger charge is -2.34. The van der Waals surface area contributed by atoms with Gasteiger partial charge in [-0.1, -0.05) is 26.0 Å². The number of likely N-dealkylation sites (N-methyl/N-ethyl adjacent to an activating group) is 1. The number of piperidine rings is 1. The van der Waals surface area contributed by atoms with Crippen LogP contribution in [0.2, 0.25) is 0 Å². The van der Waals surface area contributed by atoms with Gasteiger partial charge in [-0.25, -0.2) is 4.68 Å². The van der Waals surface area contributed by atoms with Gasteiger partial charge in [0.2, 0.25) is 11.8 Å². The Bertz CT molecular complexity index is 735. The van der Waals surface area contributed by atoms with Gasteiger partial charge in [0.25, 0.3) is 0 Å². The van der Waals surface area contributed by atoms with Crippen LogP contribution < -0.4 is 5.32 Å². The molecule has 2 saturated heterocycles. The number of nitrogens with zero attached hydrogens (tertiary/aromatic N) is 5. The monoisotopic (exact) mass is 406 g/mol. The molecule has 29 heavy (non-hydrogen) atoms. The SMILES string of the molecule is CNC(=O)C1CC(O)CN1C(=O)[C@@H](n1cc(C2CCN(C)CC2)nn1)C(C)(C)C. The molecule has 2 N–H and O–H groups in total. The molecule has 2 aliphatic rings. The third kappa shape index (κ3) is 4.61. The Kier molecular flexibility index (Phi) is 6.28. The lowest BCUT2D eigenvalue weighted by atomic mass is 9.85. The number of nitrogens with one attached hydrogen (secondary N) is 1. The van der Waals surface area contributed by atoms with Crippen LogP contribution >= 0.6 is 0 Å². The van der Waals surface area contributed by atoms with Gasteiger partial charge in [-0.15, -0.1) is 5.10 Å². The Morgan fingerprint density at radius 3 is 2.52 bits per heavy atom. The van der Waals surface area contributed by atoms with Crippen molar-refractivity contribution in [3.63, 3.8) is 0 Å². The number of aromatic nitrogens is 3. The number of rotatable bonds is 4. The van der Waals surface area contributed by atoms with Crippen molar-refractivity contribution < 1.29 is 14.7 Å². The van der Waals surface area contributed by atoms with Crippen molar-refractivity contribution in [1.82, 2.24) is 30.1 Å². The number of carbonyl (C=O) groups excluding carboxylic acids is 2. The Balaban J connectivity index is 1.85. The second-order valence-electron chi connectivity index (χ2n) is 9.48. The molecule has 0 aliphatic carbocycles. The van der Waals surface area contributed by atoms with E-state index in [-0.39, 0.29) is 24.8 Å². The quantitative estimate of drug-likeness (QED) is 0.749. The minimum Gasteiger partial charge on any atom is -0.391 e. The summed E-state index contributed by atoms with van der Waals surface area (Å²) >= 11 is 0. The van der Waals surface area contributed by atoms with Crippen molar-refractivity contribution in [2.24, 2.45) is 5.41 Å². The summed E-state index contributed by atoms with van der Waals surface area (Å²) in [6.45, 7) is 8.15. The molecule has 1 aromatic rings. The van der Waals surface area contributed by atoms with E-state index in [4.69, 9.17) is 0 Å². The molecule has 9 heteroatoms. The Hall–Kier alpha value is -2.00. The number of carbonyl (C=O) groups is 2. The van der Waals surface area contributed by atoms with Crippen molar-refractivity contribution >= 4 is 11.8 Å². The molecule has 3 atom stereocenters. The minimum absolute atomic E-state index is 0.153. The van der Waals surface area contributed by atoms with Crippen LogP contribution in [0.15, 0.2) is 6.20 Å². The largest absolute Gasteiger partial charge is 0.391 e. The lowest BCUT2D eigenvalue weighted by molar-refractivity contribution is -0.144. The molecule has 3 rings (SSSR count). The highest BCUT2D eigenvalue weighted by atomic mass is 16.3. The van der Waals surface area contributed by atoms with Gasteiger partial charge >= 0.3 is 0 Å². The number of likely N-dealkylation sites (tertiary alicyclic amines) is 2. The van der Waals surface area contributed by atoms with Gasteiger partial charge in [0.15, 0.2) is 0 Å². The molecule has 162 valence electrons. The first kappa shape index (κ1) is 21.7. The highest BCUT2D eigenvalue weighted by Crippen LogP contribution is 2.35. The summed E-state index contributed by atoms with van der Waals surface area (Å²) in [7, 11) is 3.66. The third-order valence-corrected chi connectivity index (χ3v) is 6.09. The van der Waals surface area contributed by atoms with Crippen LogP contribution in [0.25, 0.3) is 0 Å². The zero-order chi connectivity index (χ0) is 21.3. The molecule has 2 unspecified atom stereocenters. The normalized spacial score (nSPS) is 25.2. The van der Waals surface area contributed by atoms with Crippen molar-refractivity contribution in [2.45, 2.75) is 64.1 Å². The Labute approximate surface area is 172 Å². The maximum Gasteiger partial charge on any atom is 0.248 e. The second kappa shape index (κ2) is 8.39. The molecule has 0 spiro atoms. The van der Waals surface area contributed by atoms with E-state index in [1.165, 1.54) is 4.90 Å². The molecule has 3 heterocycles. The predicted octanol–water partition coefficient (Wildman–Crippen LogP) is 0.382. The van der Waals surface area contributed by atoms with E-state index in [1.54, 1.807) is 11.7 Å². The fourth-order valence-electron chi connectivity index (χ4n) is 4.42. The van der Waals surface area contributed by atoms with Gasteiger partial charge in [-0.05, 0) is 38.4 Å². The van der Waals surface area contributed by atoms with Crippen molar-refractivity contribution in [3.05, 3.63) is 11.9 Å². The van der Waals surface area contributed by atoms with Gasteiger partial charge in [-0.2, -0.15) is 0 Å². The Morgan fingerprint density at radius 1 is 1.28 bits per heavy atom. The number of hydrogen-bond acceptors (Lipinski definition) is 6. The maximum absolute atomic E-state index is 13.5. The summed E-state index contributed by atoms with van der Waals surface area (Å²) in [5.74, 6) is -0.112. The highest BCUT2D eigenvalue weighted by molar-refractivity contribution is 5.90. The summed E-state index contributed by atoms with van der Waals surface area (Å²) in [5.41, 5.74) is 0.486. The van der Waals surface area contributed by atoms with Gasteiger partial charge in [0.1, 0.15) is 12.1 Å². The molecular weight excluding hydrogens is 372 g/mol. The van der Waals surface area contributed by atoms with Crippen LogP contribution in [-0.4, -0.2) is 87.6 Å². The fourth-order valence-corrected chi connectivity index (χ4v) is 4.42. The van der Waals surface area contributed by atoms with Gasteiger partial charge < -0.3 is 20.2 Å². The summed E-state index contributed by atoms with van der Waals surface area (Å²) in [6.07, 6.45) is 3.50. The van der Waals surface area contributed by atoms with E-state index < -0.39 is 23.6 Å². The van der Waals surface area contributed by atoms with E-state index in [0.29, 0.717) is 5.92 Å². The van der Waals surface area contributed by atoms with Crippen molar-refractivity contribution in [2.75, 3.05) is 33.7 Å². The maximum atomic E-state index is 13.5. The summed E-state index contributed by atoms with van der Waals surface area (Å²) < 4.78 is 1.65. The first-order valence-corrected chi connectivity index (χ1v) is 10.4. The van der Waals surface area contributed by atoms with Crippen molar-refractivity contribution in [1.29, 1.82) is 0 Å². The van der Waals surface area contributed by atoms with E-state index in [2.05, 4.69) is 27.6 Å². The van der Waals surface area contributed by atoms with Crippen LogP contribution in [-0.2, 0) is 9.59 Å². The molecule has 0 saturated carbocycles. The smallest absolute Gasteiger partial charge is 0.248 e. The lowest BCUT2D eigenvalue weighted by Crippen LogP contribution is -2.49. The molecule has 0 aromatic carbocycles. The molecule has 1 aromatic heterocycles. The van der Waals surface area contributed by atoms with Crippen LogP contribution in [0.5, 0.6) is 0 Å². The van der Waals surface area contributed by atoms with E-state index in [1.807, 2.05) is 27.0 Å². The third-order valence-electron chi connectivity index (χ3n) is 6.09. The zero-order valence-corrected chi connectivity index (χ0v) is 18.1. The average Bonchev–Trinajstić information content (AvgIpc) is 3.27. The number of aliphatic hydroxyl groups is 1. The standard InChI is InChI=1S/C20H34N6O3/c1-20(2,3)17(19(29)25-11-14(27)10-16(25)18(28)21-4)26-12-15(22-23-26)13-6-8-24(5)9-7-13/h12-14,16-17,27H,6-11H2,1-5H3,(H,21,28)/t14?,16?,17-/m1/s1. The Morgan fingerprint density at radius 2 is 1.93 bits per heavy atom. The molecular formula is C20H34N6O3. The summed E-state index contributed by atoms with van der Waals surface area (Å²) in [6, 6.07) is -1.27. The zero-order valence-electron chi connectivity index (χ0n) is 18.1. The van der Waals surface area contributed by atoms with Crippen LogP contribution in [0.4, 0.5) is 0 Å². The predicted molar refractivity (Wildman–Crippen MR) is 108 cm³/mol. The van der Waals surface area contributed by atoms with Gasteiger partial charge in [-0.3, -0.25) is 9.59 Å². The molecule has 2 fully saturated rings. The second-order valence-corrected chi connectivity index (χ2v) is 9.48. The van der Waals surface area contributed by atoms with Crippen LogP contribution in [0, 0.1) is 5.41 Å². The van der Waals surface area contributed by atoms with Crippen LogP contribution in [0.1, 0.15) is 57.7 Å². The number of amides is 2. The molecule has 2 aliphatic heterocycles. The molecule has 2 amide bonds. The highest BCUT2D eigenvalue weighted by Gasteiger charge is 2.45. The van der Waals surface area contributed by atoms with Gasteiger partial charge in [0.05, 0.1) is 11.8 Å². The summed E-state index contributed by atoms with van der Waals surface area (Å²) in [4.78, 5) is 29.6. The molecule has 0 radical (unpaired) electrons. The first-order valence-electron chi connectivity index (χ1n) is 10.4. The summed E-state index contributed by atoms with van der Waals surface area (Å²) in [5, 5.41) is 21.4. The topological polar surface area (TPSA) is 104 Å². The number of aliphatic hydroxyl groups excluding tert-OH is 1. The van der Waals surface area contributed by atoms with E-state index in [0.717, 1.165) is 31.6 Å². The van der Waals surface area contributed by atoms with Gasteiger partial charge in [0, 0.05) is 32.1 Å². The average molecular weight is 407 g/mol. The number of β-amino-alcohol motifs (C(OH)–C–C–N with tert-alkyl or cyclic N) is 1. The van der Waals surface area contributed by atoms with Crippen LogP contribution in [0.3, 0.4) is 0 Å². The minimum atomic E-state index is -0.701. The fraction of sp³-hybridized carbons (Fsp3) is 0.800. The van der Waals surface area contributed by atoms with Crippen molar-refractivity contribution in [3.8, 4) is 0 Å². The first-order chi connectivity index (χ1) is 13.6. The van der Waals surface area contributed by atoms with E-state index >= 15 is 0 Å². The van der Waals surface area contributed by atoms with E-state index in [9.17, 15) is 14.7 Å². The molecule has 9 nitrogen and oxygen atoms in total. The number of hydrogen-bond donors (Lipinski definition) is 2.